The summed E-state index contributed by atoms with van der Waals surface area (Å²) in [5.41, 5.74) is 1.17. The van der Waals surface area contributed by atoms with E-state index in [4.69, 9.17) is 11.6 Å². The third-order valence-corrected chi connectivity index (χ3v) is 2.91. The van der Waals surface area contributed by atoms with Gasteiger partial charge in [-0.2, -0.15) is 0 Å². The molecule has 0 saturated heterocycles. The fourth-order valence-corrected chi connectivity index (χ4v) is 1.72. The lowest BCUT2D eigenvalue weighted by atomic mass is 10.2. The zero-order chi connectivity index (χ0) is 12.4. The van der Waals surface area contributed by atoms with Gasteiger partial charge in [0.2, 0.25) is 0 Å². The smallest absolute Gasteiger partial charge is 0.146 e. The van der Waals surface area contributed by atoms with E-state index in [1.165, 1.54) is 12.4 Å². The number of hydrogen-bond donors (Lipinski definition) is 0. The van der Waals surface area contributed by atoms with Crippen molar-refractivity contribution < 1.29 is 4.39 Å². The van der Waals surface area contributed by atoms with Gasteiger partial charge in [0, 0.05) is 12.6 Å². The summed E-state index contributed by atoms with van der Waals surface area (Å²) < 4.78 is 13.6. The van der Waals surface area contributed by atoms with Gasteiger partial charge in [0.1, 0.15) is 23.1 Å². The predicted molar refractivity (Wildman–Crippen MR) is 66.2 cm³/mol. The Morgan fingerprint density at radius 1 is 1.24 bits per heavy atom. The largest absolute Gasteiger partial charge is 0.327 e. The number of para-hydroxylation sites is 1. The van der Waals surface area contributed by atoms with Crippen molar-refractivity contribution in [2.75, 3.05) is 11.9 Å². The summed E-state index contributed by atoms with van der Waals surface area (Å²) in [6, 6.07) is 6.51. The molecule has 88 valence electrons. The summed E-state index contributed by atoms with van der Waals surface area (Å²) in [6.45, 7) is 1.80. The fraction of sp³-hybridized carbons (Fsp3) is 0.167. The van der Waals surface area contributed by atoms with Gasteiger partial charge in [-0.1, -0.05) is 23.7 Å². The van der Waals surface area contributed by atoms with Crippen molar-refractivity contribution in [3.05, 3.63) is 47.1 Å². The number of anilines is 2. The lowest BCUT2D eigenvalue weighted by molar-refractivity contribution is 0.627. The van der Waals surface area contributed by atoms with Crippen molar-refractivity contribution in [2.24, 2.45) is 0 Å². The molecule has 2 aromatic rings. The zero-order valence-electron chi connectivity index (χ0n) is 9.48. The molecule has 2 rings (SSSR count). The number of nitrogens with zero attached hydrogens (tertiary/aromatic N) is 3. The molecular weight excluding hydrogens is 241 g/mol. The van der Waals surface area contributed by atoms with Crippen LogP contribution in [0.5, 0.6) is 0 Å². The third-order valence-electron chi connectivity index (χ3n) is 2.53. The molecule has 0 aliphatic carbocycles. The second-order valence-electron chi connectivity index (χ2n) is 3.62. The average Bonchev–Trinajstić information content (AvgIpc) is 2.32. The minimum Gasteiger partial charge on any atom is -0.327 e. The van der Waals surface area contributed by atoms with Crippen LogP contribution in [0.4, 0.5) is 15.9 Å². The van der Waals surface area contributed by atoms with E-state index in [2.05, 4.69) is 9.97 Å². The second-order valence-corrected chi connectivity index (χ2v) is 3.98. The quantitative estimate of drug-likeness (QED) is 0.767. The summed E-state index contributed by atoms with van der Waals surface area (Å²) in [4.78, 5) is 9.64. The molecule has 1 heterocycles. The van der Waals surface area contributed by atoms with E-state index in [1.807, 2.05) is 0 Å². The molecule has 0 atom stereocenters. The maximum atomic E-state index is 13.6. The summed E-state index contributed by atoms with van der Waals surface area (Å²) in [5.74, 6) is 0.291. The maximum absolute atomic E-state index is 13.6. The number of benzene rings is 1. The van der Waals surface area contributed by atoms with Crippen LogP contribution in [0.25, 0.3) is 0 Å². The van der Waals surface area contributed by atoms with E-state index in [0.29, 0.717) is 16.7 Å². The first-order valence-electron chi connectivity index (χ1n) is 5.06. The Morgan fingerprint density at radius 3 is 2.65 bits per heavy atom. The van der Waals surface area contributed by atoms with Crippen LogP contribution in [-0.4, -0.2) is 17.0 Å². The molecule has 0 amide bonds. The molecule has 0 saturated carbocycles. The van der Waals surface area contributed by atoms with Crippen LogP contribution in [0.15, 0.2) is 30.6 Å². The van der Waals surface area contributed by atoms with Gasteiger partial charge >= 0.3 is 0 Å². The molecule has 0 N–H and O–H groups in total. The molecule has 17 heavy (non-hydrogen) atoms. The van der Waals surface area contributed by atoms with Crippen LogP contribution >= 0.6 is 11.6 Å². The minimum absolute atomic E-state index is 0.302. The molecule has 0 aliphatic heterocycles. The summed E-state index contributed by atoms with van der Waals surface area (Å²) in [5, 5.41) is 0.373. The van der Waals surface area contributed by atoms with E-state index in [9.17, 15) is 4.39 Å². The topological polar surface area (TPSA) is 29.0 Å². The van der Waals surface area contributed by atoms with Crippen molar-refractivity contribution in [2.45, 2.75) is 6.92 Å². The van der Waals surface area contributed by atoms with Crippen molar-refractivity contribution in [3.63, 3.8) is 0 Å². The maximum Gasteiger partial charge on any atom is 0.146 e. The minimum atomic E-state index is -0.302. The van der Waals surface area contributed by atoms with Crippen molar-refractivity contribution in [1.29, 1.82) is 0 Å². The molecule has 0 aliphatic rings. The highest BCUT2D eigenvalue weighted by molar-refractivity contribution is 6.30. The zero-order valence-corrected chi connectivity index (χ0v) is 10.2. The molecule has 5 heteroatoms. The molecule has 0 unspecified atom stereocenters. The average molecular weight is 252 g/mol. The van der Waals surface area contributed by atoms with Gasteiger partial charge in [0.05, 0.1) is 5.69 Å². The Hall–Kier alpha value is -1.68. The van der Waals surface area contributed by atoms with Gasteiger partial charge in [-0.25, -0.2) is 14.4 Å². The summed E-state index contributed by atoms with van der Waals surface area (Å²) in [7, 11) is 1.74. The second kappa shape index (κ2) is 4.67. The monoisotopic (exact) mass is 251 g/mol. The Kier molecular flexibility index (Phi) is 3.24. The van der Waals surface area contributed by atoms with Crippen LogP contribution in [-0.2, 0) is 0 Å². The van der Waals surface area contributed by atoms with Gasteiger partial charge in [-0.3, -0.25) is 0 Å². The van der Waals surface area contributed by atoms with Crippen molar-refractivity contribution >= 4 is 23.1 Å². The SMILES string of the molecule is Cc1c(Cl)ncnc1N(C)c1ccccc1F. The molecule has 0 spiro atoms. The molecule has 0 bridgehead atoms. The normalized spacial score (nSPS) is 10.4. The number of aromatic nitrogens is 2. The summed E-state index contributed by atoms with van der Waals surface area (Å²) >= 11 is 5.91. The Morgan fingerprint density at radius 2 is 1.94 bits per heavy atom. The van der Waals surface area contributed by atoms with Gasteiger partial charge < -0.3 is 4.90 Å². The summed E-state index contributed by atoms with van der Waals surface area (Å²) in [6.07, 6.45) is 1.36. The van der Waals surface area contributed by atoms with Gasteiger partial charge in [-0.05, 0) is 19.1 Å². The Labute approximate surface area is 104 Å². The van der Waals surface area contributed by atoms with Gasteiger partial charge in [0.25, 0.3) is 0 Å². The molecular formula is C12H11ClFN3. The highest BCUT2D eigenvalue weighted by atomic mass is 35.5. The highest BCUT2D eigenvalue weighted by Gasteiger charge is 2.13. The Bertz CT molecular complexity index is 545. The highest BCUT2D eigenvalue weighted by Crippen LogP contribution is 2.28. The molecule has 0 fully saturated rings. The van der Waals surface area contributed by atoms with E-state index >= 15 is 0 Å². The lowest BCUT2D eigenvalue weighted by Crippen LogP contribution is -2.14. The van der Waals surface area contributed by atoms with E-state index in [1.54, 1.807) is 37.1 Å². The van der Waals surface area contributed by atoms with Gasteiger partial charge in [-0.15, -0.1) is 0 Å². The van der Waals surface area contributed by atoms with Crippen LogP contribution in [0.2, 0.25) is 5.15 Å². The first kappa shape index (κ1) is 11.8. The number of rotatable bonds is 2. The lowest BCUT2D eigenvalue weighted by Gasteiger charge is -2.20. The van der Waals surface area contributed by atoms with Crippen LogP contribution in [0.1, 0.15) is 5.56 Å². The number of halogens is 2. The van der Waals surface area contributed by atoms with Crippen LogP contribution in [0, 0.1) is 12.7 Å². The fourth-order valence-electron chi connectivity index (χ4n) is 1.60. The first-order valence-corrected chi connectivity index (χ1v) is 5.44. The third kappa shape index (κ3) is 2.22. The molecule has 3 nitrogen and oxygen atoms in total. The van der Waals surface area contributed by atoms with Crippen LogP contribution < -0.4 is 4.90 Å². The van der Waals surface area contributed by atoms with E-state index in [0.717, 1.165) is 5.56 Å². The van der Waals surface area contributed by atoms with E-state index < -0.39 is 0 Å². The molecule has 0 radical (unpaired) electrons. The first-order chi connectivity index (χ1) is 8.11. The van der Waals surface area contributed by atoms with Crippen molar-refractivity contribution in [3.8, 4) is 0 Å². The van der Waals surface area contributed by atoms with Crippen LogP contribution in [0.3, 0.4) is 0 Å². The molecule has 1 aromatic heterocycles. The van der Waals surface area contributed by atoms with E-state index in [-0.39, 0.29) is 5.82 Å². The van der Waals surface area contributed by atoms with Gasteiger partial charge in [0.15, 0.2) is 0 Å². The number of hydrogen-bond acceptors (Lipinski definition) is 3. The standard InChI is InChI=1S/C12H11ClFN3/c1-8-11(13)15-7-16-12(8)17(2)10-6-4-3-5-9(10)14/h3-7H,1-2H3. The molecule has 1 aromatic carbocycles. The predicted octanol–water partition coefficient (Wildman–Crippen LogP) is 3.35. The Balaban J connectivity index is 2.48. The van der Waals surface area contributed by atoms with Crippen molar-refractivity contribution in [1.82, 2.24) is 9.97 Å².